The molecule has 0 amide bonds. The van der Waals surface area contributed by atoms with Gasteiger partial charge in [-0.1, -0.05) is 0 Å². The summed E-state index contributed by atoms with van der Waals surface area (Å²) in [5, 5.41) is 3.35. The standard InChI is InChI=1S/C13H19N3O2/c1-2-18-13(17)10-16-8-7-15-12(16)9-11-5-3-4-6-14-11/h7-9,14H,2-6,10H2,1H3. The fourth-order valence-electron chi connectivity index (χ4n) is 2.00. The zero-order valence-electron chi connectivity index (χ0n) is 10.7. The molecule has 0 unspecified atom stereocenters. The van der Waals surface area contributed by atoms with E-state index in [-0.39, 0.29) is 12.5 Å². The van der Waals surface area contributed by atoms with Crippen LogP contribution in [-0.4, -0.2) is 28.7 Å². The zero-order valence-corrected chi connectivity index (χ0v) is 10.7. The van der Waals surface area contributed by atoms with E-state index in [1.54, 1.807) is 23.9 Å². The molecular weight excluding hydrogens is 230 g/mol. The van der Waals surface area contributed by atoms with E-state index in [0.29, 0.717) is 6.61 Å². The van der Waals surface area contributed by atoms with Crippen molar-refractivity contribution in [2.75, 3.05) is 13.2 Å². The van der Waals surface area contributed by atoms with Crippen molar-refractivity contribution in [3.63, 3.8) is 0 Å². The van der Waals surface area contributed by atoms with Gasteiger partial charge in [-0.25, -0.2) is 4.98 Å². The molecule has 1 aliphatic rings. The van der Waals surface area contributed by atoms with Gasteiger partial charge >= 0.3 is 5.97 Å². The highest BCUT2D eigenvalue weighted by Crippen LogP contribution is 2.13. The maximum Gasteiger partial charge on any atom is 0.325 e. The Kier molecular flexibility index (Phi) is 4.39. The first kappa shape index (κ1) is 12.7. The SMILES string of the molecule is CCOC(=O)Cn1ccnc1C=C1CCCCN1. The Bertz CT molecular complexity index is 429. The summed E-state index contributed by atoms with van der Waals surface area (Å²) < 4.78 is 6.74. The Balaban J connectivity index is 2.05. The normalized spacial score (nSPS) is 17.5. The van der Waals surface area contributed by atoms with Crippen molar-refractivity contribution in [1.82, 2.24) is 14.9 Å². The van der Waals surface area contributed by atoms with Crippen LogP contribution in [0.4, 0.5) is 0 Å². The van der Waals surface area contributed by atoms with Crippen molar-refractivity contribution >= 4 is 12.0 Å². The molecule has 0 aliphatic carbocycles. The summed E-state index contributed by atoms with van der Waals surface area (Å²) in [6.07, 6.45) is 8.98. The summed E-state index contributed by atoms with van der Waals surface area (Å²) in [5.74, 6) is 0.569. The van der Waals surface area contributed by atoms with Crippen molar-refractivity contribution in [3.05, 3.63) is 23.9 Å². The van der Waals surface area contributed by atoms with E-state index < -0.39 is 0 Å². The van der Waals surface area contributed by atoms with Crippen molar-refractivity contribution in [2.45, 2.75) is 32.7 Å². The molecule has 0 radical (unpaired) electrons. The number of hydrogen-bond donors (Lipinski definition) is 1. The molecule has 5 nitrogen and oxygen atoms in total. The van der Waals surface area contributed by atoms with E-state index in [4.69, 9.17) is 4.74 Å². The quantitative estimate of drug-likeness (QED) is 0.823. The molecule has 1 fully saturated rings. The van der Waals surface area contributed by atoms with Gasteiger partial charge in [-0.3, -0.25) is 4.79 Å². The van der Waals surface area contributed by atoms with Crippen molar-refractivity contribution in [3.8, 4) is 0 Å². The summed E-state index contributed by atoms with van der Waals surface area (Å²) in [6.45, 7) is 3.45. The molecule has 2 heterocycles. The summed E-state index contributed by atoms with van der Waals surface area (Å²) >= 11 is 0. The van der Waals surface area contributed by atoms with Gasteiger partial charge in [-0.15, -0.1) is 0 Å². The molecule has 1 aromatic heterocycles. The van der Waals surface area contributed by atoms with Gasteiger partial charge in [-0.2, -0.15) is 0 Å². The molecule has 98 valence electrons. The first-order valence-electron chi connectivity index (χ1n) is 6.41. The first-order chi connectivity index (χ1) is 8.79. The monoisotopic (exact) mass is 249 g/mol. The summed E-state index contributed by atoms with van der Waals surface area (Å²) in [7, 11) is 0. The Morgan fingerprint density at radius 3 is 3.22 bits per heavy atom. The lowest BCUT2D eigenvalue weighted by Crippen LogP contribution is -2.20. The van der Waals surface area contributed by atoms with E-state index in [9.17, 15) is 4.79 Å². The van der Waals surface area contributed by atoms with Crippen LogP contribution in [-0.2, 0) is 16.1 Å². The van der Waals surface area contributed by atoms with Crippen molar-refractivity contribution in [2.24, 2.45) is 0 Å². The molecule has 0 spiro atoms. The minimum absolute atomic E-state index is 0.215. The van der Waals surface area contributed by atoms with Crippen molar-refractivity contribution < 1.29 is 9.53 Å². The molecule has 1 aromatic rings. The maximum atomic E-state index is 11.4. The molecule has 0 saturated carbocycles. The van der Waals surface area contributed by atoms with E-state index in [1.807, 2.05) is 6.08 Å². The molecule has 2 rings (SSSR count). The summed E-state index contributed by atoms with van der Waals surface area (Å²) in [5.41, 5.74) is 1.19. The largest absolute Gasteiger partial charge is 0.465 e. The highest BCUT2D eigenvalue weighted by molar-refractivity contribution is 5.69. The second-order valence-corrected chi connectivity index (χ2v) is 4.27. The fourth-order valence-corrected chi connectivity index (χ4v) is 2.00. The highest BCUT2D eigenvalue weighted by Gasteiger charge is 2.09. The fraction of sp³-hybridized carbons (Fsp3) is 0.538. The number of nitrogens with one attached hydrogen (secondary N) is 1. The third kappa shape index (κ3) is 3.35. The van der Waals surface area contributed by atoms with Crippen LogP contribution in [0.3, 0.4) is 0 Å². The van der Waals surface area contributed by atoms with Gasteiger partial charge in [0.1, 0.15) is 12.4 Å². The number of carbonyl (C=O) groups is 1. The number of hydrogen-bond acceptors (Lipinski definition) is 4. The third-order valence-corrected chi connectivity index (χ3v) is 2.88. The molecule has 5 heteroatoms. The van der Waals surface area contributed by atoms with Crippen molar-refractivity contribution in [1.29, 1.82) is 0 Å². The van der Waals surface area contributed by atoms with E-state index in [2.05, 4.69) is 10.3 Å². The molecular formula is C13H19N3O2. The molecule has 1 N–H and O–H groups in total. The maximum absolute atomic E-state index is 11.4. The Hall–Kier alpha value is -1.78. The molecule has 1 aliphatic heterocycles. The molecule has 0 bridgehead atoms. The van der Waals surface area contributed by atoms with Crippen LogP contribution >= 0.6 is 0 Å². The number of piperidine rings is 1. The van der Waals surface area contributed by atoms with Gasteiger partial charge in [0.25, 0.3) is 0 Å². The van der Waals surface area contributed by atoms with E-state index >= 15 is 0 Å². The Labute approximate surface area is 107 Å². The second-order valence-electron chi connectivity index (χ2n) is 4.27. The van der Waals surface area contributed by atoms with Crippen LogP contribution in [0.25, 0.3) is 6.08 Å². The number of esters is 1. The van der Waals surface area contributed by atoms with Gasteiger partial charge < -0.3 is 14.6 Å². The number of allylic oxidation sites excluding steroid dienone is 1. The average molecular weight is 249 g/mol. The highest BCUT2D eigenvalue weighted by atomic mass is 16.5. The van der Waals surface area contributed by atoms with E-state index in [1.165, 1.54) is 18.5 Å². The Morgan fingerprint density at radius 1 is 1.61 bits per heavy atom. The molecule has 18 heavy (non-hydrogen) atoms. The van der Waals surface area contributed by atoms with Crippen LogP contribution in [0.1, 0.15) is 32.0 Å². The number of ether oxygens (including phenoxy) is 1. The van der Waals surface area contributed by atoms with Crippen LogP contribution in [0, 0.1) is 0 Å². The van der Waals surface area contributed by atoms with Gasteiger partial charge in [0.05, 0.1) is 6.61 Å². The number of nitrogens with zero attached hydrogens (tertiary/aromatic N) is 2. The topological polar surface area (TPSA) is 56.2 Å². The van der Waals surface area contributed by atoms with Gasteiger partial charge in [0.15, 0.2) is 0 Å². The van der Waals surface area contributed by atoms with Crippen LogP contribution in [0.2, 0.25) is 0 Å². The first-order valence-corrected chi connectivity index (χ1v) is 6.41. The third-order valence-electron chi connectivity index (χ3n) is 2.88. The Morgan fingerprint density at radius 2 is 2.50 bits per heavy atom. The second kappa shape index (κ2) is 6.23. The van der Waals surface area contributed by atoms with Crippen LogP contribution < -0.4 is 5.32 Å². The predicted octanol–water partition coefficient (Wildman–Crippen LogP) is 1.56. The summed E-state index contributed by atoms with van der Waals surface area (Å²) in [6, 6.07) is 0. The van der Waals surface area contributed by atoms with Gasteiger partial charge in [0, 0.05) is 24.6 Å². The lowest BCUT2D eigenvalue weighted by atomic mass is 10.1. The smallest absolute Gasteiger partial charge is 0.325 e. The molecule has 0 atom stereocenters. The number of rotatable bonds is 4. The van der Waals surface area contributed by atoms with E-state index in [0.717, 1.165) is 18.8 Å². The lowest BCUT2D eigenvalue weighted by molar-refractivity contribution is -0.143. The molecule has 1 saturated heterocycles. The number of carbonyl (C=O) groups excluding carboxylic acids is 1. The van der Waals surface area contributed by atoms with Gasteiger partial charge in [0.2, 0.25) is 0 Å². The number of imidazole rings is 1. The predicted molar refractivity (Wildman–Crippen MR) is 68.7 cm³/mol. The zero-order chi connectivity index (χ0) is 12.8. The van der Waals surface area contributed by atoms with Gasteiger partial charge in [-0.05, 0) is 32.3 Å². The minimum Gasteiger partial charge on any atom is -0.465 e. The average Bonchev–Trinajstić information content (AvgIpc) is 2.78. The van der Waals surface area contributed by atoms with Crippen LogP contribution in [0.15, 0.2) is 18.1 Å². The molecule has 0 aromatic carbocycles. The number of aromatic nitrogens is 2. The van der Waals surface area contributed by atoms with Crippen LogP contribution in [0.5, 0.6) is 0 Å². The minimum atomic E-state index is -0.230. The summed E-state index contributed by atoms with van der Waals surface area (Å²) in [4.78, 5) is 15.7. The lowest BCUT2D eigenvalue weighted by Gasteiger charge is -2.16.